The van der Waals surface area contributed by atoms with E-state index in [2.05, 4.69) is 49.3 Å². The molecule has 1 saturated carbocycles. The zero-order chi connectivity index (χ0) is 30.9. The molecule has 3 fully saturated rings. The maximum Gasteiger partial charge on any atom is 0.246 e. The molecule has 8 atom stereocenters. The number of likely N-dealkylation sites (tertiary alicyclic amines) is 1. The van der Waals surface area contributed by atoms with Gasteiger partial charge < -0.3 is 25.2 Å². The third kappa shape index (κ3) is 6.15. The molecular weight excluding hydrogens is 540 g/mol. The molecule has 2 saturated heterocycles. The minimum atomic E-state index is -1.13. The van der Waals surface area contributed by atoms with E-state index in [0.29, 0.717) is 24.1 Å². The van der Waals surface area contributed by atoms with Crippen molar-refractivity contribution in [1.82, 2.24) is 15.1 Å². The van der Waals surface area contributed by atoms with Crippen LogP contribution in [0.4, 0.5) is 5.69 Å². The topological polar surface area (TPSA) is 91.0 Å². The number of nitrogens with zero attached hydrogens (tertiary/aromatic N) is 2. The normalized spacial score (nSPS) is 32.9. The van der Waals surface area contributed by atoms with Crippen LogP contribution in [0.1, 0.15) is 77.3 Å². The largest absolute Gasteiger partial charge is 0.359 e. The van der Waals surface area contributed by atoms with E-state index in [1.165, 1.54) is 6.42 Å². The molecule has 3 aliphatic heterocycles. The van der Waals surface area contributed by atoms with Gasteiger partial charge in [0.1, 0.15) is 11.6 Å². The predicted octanol–water partition coefficient (Wildman–Crippen LogP) is 4.85. The molecule has 236 valence electrons. The van der Waals surface area contributed by atoms with Crippen molar-refractivity contribution in [1.29, 1.82) is 0 Å². The third-order valence-corrected chi connectivity index (χ3v) is 10.4. The summed E-state index contributed by atoms with van der Waals surface area (Å²) < 4.78 is 6.57. The highest BCUT2D eigenvalue weighted by Gasteiger charge is 2.72. The molecule has 4 aliphatic rings. The summed E-state index contributed by atoms with van der Waals surface area (Å²) in [7, 11) is 0. The summed E-state index contributed by atoms with van der Waals surface area (Å²) in [4.78, 5) is 46.6. The molecule has 0 radical (unpaired) electrons. The van der Waals surface area contributed by atoms with Crippen LogP contribution < -0.4 is 10.6 Å². The minimum Gasteiger partial charge on any atom is -0.359 e. The summed E-state index contributed by atoms with van der Waals surface area (Å²) in [6.45, 7) is 16.2. The van der Waals surface area contributed by atoms with Gasteiger partial charge in [-0.3, -0.25) is 14.4 Å². The van der Waals surface area contributed by atoms with Crippen molar-refractivity contribution in [2.45, 2.75) is 104 Å². The summed E-state index contributed by atoms with van der Waals surface area (Å²) in [6.07, 6.45) is 9.40. The van der Waals surface area contributed by atoms with Crippen LogP contribution in [0.3, 0.4) is 0 Å². The van der Waals surface area contributed by atoms with E-state index in [9.17, 15) is 14.4 Å². The van der Waals surface area contributed by atoms with Gasteiger partial charge in [0.05, 0.1) is 17.9 Å². The van der Waals surface area contributed by atoms with Crippen LogP contribution in [0.25, 0.3) is 0 Å². The van der Waals surface area contributed by atoms with Crippen molar-refractivity contribution in [3.05, 3.63) is 41.5 Å². The first-order valence-electron chi connectivity index (χ1n) is 16.7. The molecule has 2 bridgehead atoms. The molecule has 8 nitrogen and oxygen atoms in total. The van der Waals surface area contributed by atoms with Crippen LogP contribution in [0.15, 0.2) is 30.4 Å². The van der Waals surface area contributed by atoms with Crippen LogP contribution in [0, 0.1) is 37.5 Å². The Kier molecular flexibility index (Phi) is 9.67. The lowest BCUT2D eigenvalue weighted by atomic mass is 9.73. The first kappa shape index (κ1) is 31.7. The Morgan fingerprint density at radius 1 is 1.02 bits per heavy atom. The Labute approximate surface area is 258 Å². The van der Waals surface area contributed by atoms with Gasteiger partial charge in [-0.2, -0.15) is 0 Å². The number of amides is 3. The molecule has 2 N–H and O–H groups in total. The van der Waals surface area contributed by atoms with Gasteiger partial charge in [-0.1, -0.05) is 58.8 Å². The van der Waals surface area contributed by atoms with Gasteiger partial charge in [0.15, 0.2) is 0 Å². The predicted molar refractivity (Wildman–Crippen MR) is 170 cm³/mol. The summed E-state index contributed by atoms with van der Waals surface area (Å²) in [5.74, 6) is -1.05. The first-order chi connectivity index (χ1) is 20.6. The SMILES string of the molecule is CCCN(CCC)CCCN1C(=O)[C@H]2[C@H](C(=O)Nc3cc(C)cc(C)c3)[C@H]3C=C[C@@]2(O3)[C@@H]1C(=O)N[C@@H]1CCC[C@@H](C)[C@H]1C. The number of rotatable bonds is 12. The molecule has 0 unspecified atom stereocenters. The Morgan fingerprint density at radius 3 is 2.40 bits per heavy atom. The molecule has 1 aromatic rings. The minimum absolute atomic E-state index is 0.0690. The number of nitrogens with one attached hydrogen (secondary N) is 2. The van der Waals surface area contributed by atoms with Crippen LogP contribution in [-0.2, 0) is 19.1 Å². The van der Waals surface area contributed by atoms with E-state index in [1.54, 1.807) is 4.90 Å². The van der Waals surface area contributed by atoms with E-state index in [4.69, 9.17) is 4.74 Å². The monoisotopic (exact) mass is 592 g/mol. The fourth-order valence-corrected chi connectivity index (χ4v) is 8.26. The fourth-order valence-electron chi connectivity index (χ4n) is 8.26. The number of aryl methyl sites for hydroxylation is 2. The van der Waals surface area contributed by atoms with Crippen LogP contribution in [0.5, 0.6) is 0 Å². The number of anilines is 1. The Hall–Kier alpha value is -2.71. The van der Waals surface area contributed by atoms with Gasteiger partial charge in [0.2, 0.25) is 17.7 Å². The average Bonchev–Trinajstić information content (AvgIpc) is 3.58. The van der Waals surface area contributed by atoms with E-state index < -0.39 is 29.6 Å². The molecule has 5 rings (SSSR count). The van der Waals surface area contributed by atoms with Crippen molar-refractivity contribution >= 4 is 23.4 Å². The maximum atomic E-state index is 14.3. The van der Waals surface area contributed by atoms with Gasteiger partial charge in [0, 0.05) is 18.3 Å². The van der Waals surface area contributed by atoms with Crippen molar-refractivity contribution in [2.75, 3.05) is 31.5 Å². The molecule has 1 spiro atoms. The summed E-state index contributed by atoms with van der Waals surface area (Å²) >= 11 is 0. The third-order valence-electron chi connectivity index (χ3n) is 10.4. The smallest absolute Gasteiger partial charge is 0.246 e. The van der Waals surface area contributed by atoms with Crippen molar-refractivity contribution in [3.8, 4) is 0 Å². The molecule has 3 heterocycles. The highest BCUT2D eigenvalue weighted by molar-refractivity contribution is 6.02. The molecule has 3 amide bonds. The fraction of sp³-hybridized carbons (Fsp3) is 0.686. The number of hydrogen-bond donors (Lipinski definition) is 2. The summed E-state index contributed by atoms with van der Waals surface area (Å²) in [6, 6.07) is 5.22. The standard InChI is InChI=1S/C35H52N4O4/c1-7-15-38(16-8-2)17-10-18-39-31(33(41)37-27-12-9-11-24(5)25(27)6)35-14-13-28(43-35)29(30(35)34(39)42)32(40)36-26-20-22(3)19-23(4)21-26/h13-14,19-21,24-25,27-31H,7-12,15-18H2,1-6H3,(H,36,40)(H,37,41)/t24-,25-,27-,28-,29-,30-,31+,35+/m1/s1. The van der Waals surface area contributed by atoms with E-state index in [-0.39, 0.29) is 23.8 Å². The van der Waals surface area contributed by atoms with Gasteiger partial charge in [-0.25, -0.2) is 0 Å². The highest BCUT2D eigenvalue weighted by atomic mass is 16.5. The highest BCUT2D eigenvalue weighted by Crippen LogP contribution is 2.55. The van der Waals surface area contributed by atoms with Crippen LogP contribution in [0.2, 0.25) is 0 Å². The van der Waals surface area contributed by atoms with E-state index in [0.717, 1.165) is 62.9 Å². The van der Waals surface area contributed by atoms with Crippen molar-refractivity contribution in [3.63, 3.8) is 0 Å². The maximum absolute atomic E-state index is 14.3. The van der Waals surface area contributed by atoms with E-state index in [1.807, 2.05) is 38.1 Å². The molecule has 43 heavy (non-hydrogen) atoms. The Balaban J connectivity index is 1.41. The van der Waals surface area contributed by atoms with Gasteiger partial charge in [-0.05, 0) is 94.3 Å². The number of benzene rings is 1. The molecule has 0 aromatic heterocycles. The number of ether oxygens (including phenoxy) is 1. The average molecular weight is 593 g/mol. The molecular formula is C35H52N4O4. The lowest BCUT2D eigenvalue weighted by molar-refractivity contribution is -0.141. The number of carbonyl (C=O) groups is 3. The second kappa shape index (κ2) is 13.1. The second-order valence-corrected chi connectivity index (χ2v) is 13.7. The Morgan fingerprint density at radius 2 is 1.72 bits per heavy atom. The molecule has 1 aromatic carbocycles. The Bertz CT molecular complexity index is 1210. The lowest BCUT2D eigenvalue weighted by Gasteiger charge is -2.38. The van der Waals surface area contributed by atoms with Crippen molar-refractivity contribution in [2.24, 2.45) is 23.7 Å². The number of hydrogen-bond acceptors (Lipinski definition) is 5. The molecule has 1 aliphatic carbocycles. The van der Waals surface area contributed by atoms with Crippen molar-refractivity contribution < 1.29 is 19.1 Å². The lowest BCUT2D eigenvalue weighted by Crippen LogP contribution is -2.58. The molecule has 8 heteroatoms. The van der Waals surface area contributed by atoms with Gasteiger partial charge in [-0.15, -0.1) is 0 Å². The number of carbonyl (C=O) groups excluding carboxylic acids is 3. The van der Waals surface area contributed by atoms with Crippen LogP contribution >= 0.6 is 0 Å². The van der Waals surface area contributed by atoms with Gasteiger partial charge in [0.25, 0.3) is 0 Å². The zero-order valence-corrected chi connectivity index (χ0v) is 27.0. The van der Waals surface area contributed by atoms with Gasteiger partial charge >= 0.3 is 0 Å². The quantitative estimate of drug-likeness (QED) is 0.339. The second-order valence-electron chi connectivity index (χ2n) is 13.7. The van der Waals surface area contributed by atoms with E-state index >= 15 is 0 Å². The summed E-state index contributed by atoms with van der Waals surface area (Å²) in [5.41, 5.74) is 1.70. The zero-order valence-electron chi connectivity index (χ0n) is 27.0. The first-order valence-corrected chi connectivity index (χ1v) is 16.7. The number of fused-ring (bicyclic) bond motifs is 1. The van der Waals surface area contributed by atoms with Crippen LogP contribution in [-0.4, -0.2) is 77.5 Å². The summed E-state index contributed by atoms with van der Waals surface area (Å²) in [5, 5.41) is 6.43.